The Morgan fingerprint density at radius 3 is 2.74 bits per heavy atom. The van der Waals surface area contributed by atoms with E-state index in [-0.39, 0.29) is 5.91 Å². The number of benzene rings is 2. The van der Waals surface area contributed by atoms with Gasteiger partial charge >= 0.3 is 0 Å². The summed E-state index contributed by atoms with van der Waals surface area (Å²) in [5, 5.41) is 7.04. The van der Waals surface area contributed by atoms with E-state index < -0.39 is 0 Å². The molecule has 0 unspecified atom stereocenters. The van der Waals surface area contributed by atoms with Crippen LogP contribution in [0.4, 0.5) is 5.69 Å². The number of anilines is 1. The summed E-state index contributed by atoms with van der Waals surface area (Å²) in [6, 6.07) is 18.0. The zero-order valence-corrected chi connectivity index (χ0v) is 12.7. The Bertz CT molecular complexity index is 825. The highest BCUT2D eigenvalue weighted by atomic mass is 16.2. The van der Waals surface area contributed by atoms with E-state index in [4.69, 9.17) is 0 Å². The molecule has 2 aromatic carbocycles. The lowest BCUT2D eigenvalue weighted by Gasteiger charge is -2.20. The van der Waals surface area contributed by atoms with Crippen LogP contribution in [0.5, 0.6) is 0 Å². The molecule has 4 heteroatoms. The highest BCUT2D eigenvalue weighted by Crippen LogP contribution is 2.37. The first kappa shape index (κ1) is 13.8. The summed E-state index contributed by atoms with van der Waals surface area (Å²) in [7, 11) is 0. The first-order valence-corrected chi connectivity index (χ1v) is 7.79. The maximum absolute atomic E-state index is 12.8. The van der Waals surface area contributed by atoms with Crippen molar-refractivity contribution in [1.82, 2.24) is 10.2 Å². The van der Waals surface area contributed by atoms with Gasteiger partial charge < -0.3 is 4.90 Å². The van der Waals surface area contributed by atoms with Gasteiger partial charge in [0, 0.05) is 18.3 Å². The summed E-state index contributed by atoms with van der Waals surface area (Å²) in [5.74, 6) is 0.141. The molecule has 0 radical (unpaired) electrons. The highest BCUT2D eigenvalue weighted by molar-refractivity contribution is 6.00. The molecule has 0 atom stereocenters. The van der Waals surface area contributed by atoms with E-state index in [1.165, 1.54) is 5.56 Å². The summed E-state index contributed by atoms with van der Waals surface area (Å²) in [6.07, 6.45) is 3.06. The highest BCUT2D eigenvalue weighted by Gasteiger charge is 2.27. The molecule has 4 rings (SSSR count). The molecule has 3 aromatic rings. The Morgan fingerprint density at radius 2 is 1.96 bits per heavy atom. The van der Waals surface area contributed by atoms with Gasteiger partial charge in [-0.15, -0.1) is 0 Å². The largest absolute Gasteiger partial charge is 0.311 e. The molecule has 0 saturated carbocycles. The smallest absolute Gasteiger partial charge is 0.231 e. The molecule has 4 nitrogen and oxygen atoms in total. The van der Waals surface area contributed by atoms with Crippen LogP contribution < -0.4 is 4.90 Å². The van der Waals surface area contributed by atoms with E-state index >= 15 is 0 Å². The zero-order chi connectivity index (χ0) is 15.6. The Labute approximate surface area is 134 Å². The lowest BCUT2D eigenvalue weighted by atomic mass is 10.0. The Balaban J connectivity index is 1.68. The minimum atomic E-state index is 0.141. The van der Waals surface area contributed by atoms with Crippen molar-refractivity contribution in [3.63, 3.8) is 0 Å². The van der Waals surface area contributed by atoms with Gasteiger partial charge in [0.1, 0.15) is 0 Å². The summed E-state index contributed by atoms with van der Waals surface area (Å²) in [5.41, 5.74) is 5.28. The fourth-order valence-electron chi connectivity index (χ4n) is 3.19. The Kier molecular flexibility index (Phi) is 3.42. The lowest BCUT2D eigenvalue weighted by Crippen LogP contribution is -2.30. The van der Waals surface area contributed by atoms with Crippen LogP contribution in [0.15, 0.2) is 60.8 Å². The molecule has 1 amide bonds. The predicted molar refractivity (Wildman–Crippen MR) is 90.2 cm³/mol. The van der Waals surface area contributed by atoms with Gasteiger partial charge in [0.05, 0.1) is 17.8 Å². The summed E-state index contributed by atoms with van der Waals surface area (Å²) in [6.45, 7) is 0.742. The average Bonchev–Trinajstić information content (AvgIpc) is 3.25. The minimum absolute atomic E-state index is 0.141. The van der Waals surface area contributed by atoms with Crippen LogP contribution in [0.1, 0.15) is 11.1 Å². The molecule has 0 fully saturated rings. The van der Waals surface area contributed by atoms with Crippen molar-refractivity contribution in [3.8, 4) is 11.3 Å². The van der Waals surface area contributed by atoms with Crippen LogP contribution in [0.2, 0.25) is 0 Å². The number of H-pyrrole nitrogens is 1. The van der Waals surface area contributed by atoms with E-state index in [1.54, 1.807) is 6.20 Å². The van der Waals surface area contributed by atoms with Gasteiger partial charge in [-0.3, -0.25) is 9.89 Å². The number of carbonyl (C=O) groups is 1. The Morgan fingerprint density at radius 1 is 1.09 bits per heavy atom. The number of amides is 1. The average molecular weight is 303 g/mol. The third-order valence-corrected chi connectivity index (χ3v) is 4.28. The second kappa shape index (κ2) is 5.72. The minimum Gasteiger partial charge on any atom is -0.311 e. The Hall–Kier alpha value is -2.88. The number of aromatic nitrogens is 2. The van der Waals surface area contributed by atoms with Gasteiger partial charge in [0.25, 0.3) is 0 Å². The van der Waals surface area contributed by atoms with Crippen molar-refractivity contribution in [2.75, 3.05) is 11.4 Å². The van der Waals surface area contributed by atoms with E-state index in [2.05, 4.69) is 16.3 Å². The van der Waals surface area contributed by atoms with E-state index in [1.807, 2.05) is 53.4 Å². The number of para-hydroxylation sites is 1. The lowest BCUT2D eigenvalue weighted by molar-refractivity contribution is -0.117. The number of fused-ring (bicyclic) bond motifs is 1. The number of carbonyl (C=O) groups excluding carboxylic acids is 1. The summed E-state index contributed by atoms with van der Waals surface area (Å²) >= 11 is 0. The fraction of sp³-hybridized carbons (Fsp3) is 0.158. The molecule has 0 saturated heterocycles. The second-order valence-corrected chi connectivity index (χ2v) is 5.74. The molecule has 1 N–H and O–H groups in total. The molecule has 0 bridgehead atoms. The van der Waals surface area contributed by atoms with Crippen LogP contribution in [0.25, 0.3) is 11.3 Å². The molecule has 1 aliphatic heterocycles. The van der Waals surface area contributed by atoms with Gasteiger partial charge in [0.2, 0.25) is 5.91 Å². The van der Waals surface area contributed by atoms with Crippen LogP contribution in [-0.2, 0) is 17.6 Å². The van der Waals surface area contributed by atoms with Crippen molar-refractivity contribution < 1.29 is 4.79 Å². The number of nitrogens with one attached hydrogen (secondary N) is 1. The van der Waals surface area contributed by atoms with Crippen molar-refractivity contribution in [2.24, 2.45) is 0 Å². The van der Waals surface area contributed by atoms with Gasteiger partial charge in [-0.2, -0.15) is 5.10 Å². The molecule has 2 heterocycles. The van der Waals surface area contributed by atoms with Gasteiger partial charge in [-0.05, 0) is 23.6 Å². The number of nitrogens with zero attached hydrogens (tertiary/aromatic N) is 2. The van der Waals surface area contributed by atoms with Crippen molar-refractivity contribution in [2.45, 2.75) is 12.8 Å². The number of hydrogen-bond acceptors (Lipinski definition) is 2. The number of hydrogen-bond donors (Lipinski definition) is 1. The monoisotopic (exact) mass is 303 g/mol. The van der Waals surface area contributed by atoms with Gasteiger partial charge in [-0.1, -0.05) is 48.5 Å². The molecular formula is C19H17N3O. The van der Waals surface area contributed by atoms with Crippen LogP contribution in [0, 0.1) is 0 Å². The van der Waals surface area contributed by atoms with E-state index in [0.29, 0.717) is 6.42 Å². The third kappa shape index (κ3) is 2.52. The molecule has 0 aliphatic carbocycles. The fourth-order valence-corrected chi connectivity index (χ4v) is 3.19. The summed E-state index contributed by atoms with van der Waals surface area (Å²) < 4.78 is 0. The molecule has 1 aromatic heterocycles. The SMILES string of the molecule is O=C(Cc1ccccc1)N1CCc2cccc(-c3ccn[nH]3)c21. The maximum atomic E-state index is 12.8. The second-order valence-electron chi connectivity index (χ2n) is 5.74. The number of aromatic amines is 1. The van der Waals surface area contributed by atoms with Crippen molar-refractivity contribution >= 4 is 11.6 Å². The van der Waals surface area contributed by atoms with E-state index in [0.717, 1.165) is 35.5 Å². The van der Waals surface area contributed by atoms with Gasteiger partial charge in [0.15, 0.2) is 0 Å². The quantitative estimate of drug-likeness (QED) is 0.807. The van der Waals surface area contributed by atoms with Crippen LogP contribution in [-0.4, -0.2) is 22.6 Å². The van der Waals surface area contributed by atoms with Crippen LogP contribution in [0.3, 0.4) is 0 Å². The molecule has 0 spiro atoms. The standard InChI is InChI=1S/C19H17N3O/c23-18(13-14-5-2-1-3-6-14)22-12-10-15-7-4-8-16(19(15)22)17-9-11-20-21-17/h1-9,11H,10,12-13H2,(H,20,21). The maximum Gasteiger partial charge on any atom is 0.231 e. The zero-order valence-electron chi connectivity index (χ0n) is 12.7. The molecule has 1 aliphatic rings. The number of rotatable bonds is 3. The van der Waals surface area contributed by atoms with Gasteiger partial charge in [-0.25, -0.2) is 0 Å². The first-order chi connectivity index (χ1) is 11.3. The summed E-state index contributed by atoms with van der Waals surface area (Å²) in [4.78, 5) is 14.7. The molecule has 114 valence electrons. The predicted octanol–water partition coefficient (Wildman–Crippen LogP) is 3.21. The molecule has 23 heavy (non-hydrogen) atoms. The first-order valence-electron chi connectivity index (χ1n) is 7.79. The normalized spacial score (nSPS) is 13.1. The molecular weight excluding hydrogens is 286 g/mol. The van der Waals surface area contributed by atoms with E-state index in [9.17, 15) is 4.79 Å². The van der Waals surface area contributed by atoms with Crippen molar-refractivity contribution in [1.29, 1.82) is 0 Å². The van der Waals surface area contributed by atoms with Crippen LogP contribution >= 0.6 is 0 Å². The third-order valence-electron chi connectivity index (χ3n) is 4.28. The topological polar surface area (TPSA) is 49.0 Å². The van der Waals surface area contributed by atoms with Crippen molar-refractivity contribution in [3.05, 3.63) is 71.9 Å².